The quantitative estimate of drug-likeness (QED) is 0.868. The van der Waals surface area contributed by atoms with Crippen LogP contribution < -0.4 is 16.6 Å². The first kappa shape index (κ1) is 14.5. The van der Waals surface area contributed by atoms with Crippen molar-refractivity contribution in [2.75, 3.05) is 5.32 Å². The van der Waals surface area contributed by atoms with Crippen molar-refractivity contribution >= 4 is 21.6 Å². The third-order valence-electron chi connectivity index (χ3n) is 3.62. The van der Waals surface area contributed by atoms with Gasteiger partial charge in [0.25, 0.3) is 5.56 Å². The molecular weight excluding hydrogens is 308 g/mol. The van der Waals surface area contributed by atoms with Gasteiger partial charge in [-0.3, -0.25) is 4.79 Å². The average molecular weight is 329 g/mol. The summed E-state index contributed by atoms with van der Waals surface area (Å²) in [7, 11) is 0. The van der Waals surface area contributed by atoms with Crippen LogP contribution in [-0.4, -0.2) is 21.9 Å². The lowest BCUT2D eigenvalue weighted by Crippen LogP contribution is -2.36. The number of hydrogen-bond donors (Lipinski definition) is 2. The second kappa shape index (κ2) is 6.52. The van der Waals surface area contributed by atoms with Crippen molar-refractivity contribution in [2.45, 2.75) is 57.7 Å². The zero-order valence-corrected chi connectivity index (χ0v) is 12.8. The molecule has 1 aliphatic rings. The summed E-state index contributed by atoms with van der Waals surface area (Å²) in [6.45, 7) is 2.76. The third kappa shape index (κ3) is 3.36. The minimum absolute atomic E-state index is 0.0787. The van der Waals surface area contributed by atoms with Crippen LogP contribution in [0, 0.1) is 0 Å². The van der Waals surface area contributed by atoms with Crippen molar-refractivity contribution in [3.8, 4) is 0 Å². The average Bonchev–Trinajstić information content (AvgIpc) is 2.80. The number of nitrogens with two attached hydrogens (primary N) is 1. The summed E-state index contributed by atoms with van der Waals surface area (Å²) < 4.78 is 2.06. The number of rotatable bonds is 5. The van der Waals surface area contributed by atoms with Crippen LogP contribution in [0.2, 0.25) is 0 Å². The van der Waals surface area contributed by atoms with Crippen molar-refractivity contribution in [3.63, 3.8) is 0 Å². The molecule has 1 saturated carbocycles. The van der Waals surface area contributed by atoms with E-state index in [2.05, 4.69) is 33.3 Å². The molecule has 1 aromatic rings. The van der Waals surface area contributed by atoms with E-state index in [-0.39, 0.29) is 17.6 Å². The molecule has 1 fully saturated rings. The van der Waals surface area contributed by atoms with Crippen molar-refractivity contribution in [1.29, 1.82) is 0 Å². The van der Waals surface area contributed by atoms with Crippen molar-refractivity contribution in [3.05, 3.63) is 21.0 Å². The van der Waals surface area contributed by atoms with Gasteiger partial charge in [-0.05, 0) is 41.6 Å². The first-order valence-electron chi connectivity index (χ1n) is 6.91. The molecule has 1 aromatic heterocycles. The van der Waals surface area contributed by atoms with Gasteiger partial charge in [0, 0.05) is 18.6 Å². The summed E-state index contributed by atoms with van der Waals surface area (Å²) in [4.78, 5) is 12.1. The zero-order valence-electron chi connectivity index (χ0n) is 11.2. The summed E-state index contributed by atoms with van der Waals surface area (Å²) in [5.41, 5.74) is 6.70. The van der Waals surface area contributed by atoms with E-state index in [1.54, 1.807) is 6.20 Å². The summed E-state index contributed by atoms with van der Waals surface area (Å²) in [6, 6.07) is 0.401. The Morgan fingerprint density at radius 3 is 3.00 bits per heavy atom. The Hall–Kier alpha value is -0.880. The molecule has 5 nitrogen and oxygen atoms in total. The second-order valence-corrected chi connectivity index (χ2v) is 5.89. The van der Waals surface area contributed by atoms with E-state index in [0.29, 0.717) is 11.0 Å². The van der Waals surface area contributed by atoms with Gasteiger partial charge in [0.1, 0.15) is 4.47 Å². The molecule has 1 heterocycles. The van der Waals surface area contributed by atoms with Gasteiger partial charge in [-0.1, -0.05) is 13.3 Å². The smallest absolute Gasteiger partial charge is 0.283 e. The number of nitrogens with one attached hydrogen (secondary N) is 1. The van der Waals surface area contributed by atoms with Crippen molar-refractivity contribution in [2.24, 2.45) is 5.73 Å². The van der Waals surface area contributed by atoms with Crippen molar-refractivity contribution < 1.29 is 0 Å². The van der Waals surface area contributed by atoms with Crippen LogP contribution in [0.3, 0.4) is 0 Å². The first-order chi connectivity index (χ1) is 9.13. The number of nitrogens with zero attached hydrogens (tertiary/aromatic N) is 2. The fraction of sp³-hybridized carbons (Fsp3) is 0.692. The maximum Gasteiger partial charge on any atom is 0.283 e. The van der Waals surface area contributed by atoms with Gasteiger partial charge in [0.2, 0.25) is 0 Å². The first-order valence-corrected chi connectivity index (χ1v) is 7.70. The Kier molecular flexibility index (Phi) is 4.99. The van der Waals surface area contributed by atoms with Crippen LogP contribution in [-0.2, 0) is 6.54 Å². The molecule has 0 bridgehead atoms. The summed E-state index contributed by atoms with van der Waals surface area (Å²) >= 11 is 3.37. The second-order valence-electron chi connectivity index (χ2n) is 5.10. The standard InChI is InChI=1S/C13H21BrN4O/c1-2-3-7-18-13(19)12(14)11(8-16-18)17-10-6-4-5-9(10)15/h8-10,17H,2-7,15H2,1H3. The number of halogens is 1. The molecule has 3 N–H and O–H groups in total. The number of anilines is 1. The van der Waals surface area contributed by atoms with Crippen LogP contribution >= 0.6 is 15.9 Å². The largest absolute Gasteiger partial charge is 0.378 e. The van der Waals surface area contributed by atoms with Crippen molar-refractivity contribution in [1.82, 2.24) is 9.78 Å². The predicted octanol–water partition coefficient (Wildman–Crippen LogP) is 2.10. The molecule has 0 saturated heterocycles. The highest BCUT2D eigenvalue weighted by Crippen LogP contribution is 2.24. The van der Waals surface area contributed by atoms with Gasteiger partial charge in [-0.25, -0.2) is 4.68 Å². The number of unbranched alkanes of at least 4 members (excludes halogenated alkanes) is 1. The summed E-state index contributed by atoms with van der Waals surface area (Å²) in [5, 5.41) is 7.55. The van der Waals surface area contributed by atoms with E-state index < -0.39 is 0 Å². The fourth-order valence-electron chi connectivity index (χ4n) is 2.40. The van der Waals surface area contributed by atoms with Crippen LogP contribution in [0.15, 0.2) is 15.5 Å². The van der Waals surface area contributed by atoms with Crippen LogP contribution in [0.1, 0.15) is 39.0 Å². The van der Waals surface area contributed by atoms with Crippen LogP contribution in [0.25, 0.3) is 0 Å². The highest BCUT2D eigenvalue weighted by atomic mass is 79.9. The minimum atomic E-state index is -0.0787. The molecule has 0 amide bonds. The molecular formula is C13H21BrN4O. The molecule has 2 unspecified atom stereocenters. The monoisotopic (exact) mass is 328 g/mol. The Balaban J connectivity index is 2.14. The Bertz CT molecular complexity index is 488. The van der Waals surface area contributed by atoms with Gasteiger partial charge in [0.05, 0.1) is 11.9 Å². The zero-order chi connectivity index (χ0) is 13.8. The van der Waals surface area contributed by atoms with E-state index >= 15 is 0 Å². The Morgan fingerprint density at radius 2 is 2.37 bits per heavy atom. The summed E-state index contributed by atoms with van der Waals surface area (Å²) in [5.74, 6) is 0. The van der Waals surface area contributed by atoms with E-state index in [1.165, 1.54) is 4.68 Å². The Morgan fingerprint density at radius 1 is 1.58 bits per heavy atom. The maximum absolute atomic E-state index is 12.1. The SMILES string of the molecule is CCCCn1ncc(NC2CCCC2N)c(Br)c1=O. The molecule has 0 radical (unpaired) electrons. The number of aromatic nitrogens is 2. The van der Waals surface area contributed by atoms with E-state index in [9.17, 15) is 4.79 Å². The lowest BCUT2D eigenvalue weighted by atomic mass is 10.2. The fourth-order valence-corrected chi connectivity index (χ4v) is 2.82. The third-order valence-corrected chi connectivity index (χ3v) is 4.39. The van der Waals surface area contributed by atoms with Gasteiger partial charge in [0.15, 0.2) is 0 Å². The lowest BCUT2D eigenvalue weighted by molar-refractivity contribution is 0.540. The normalized spacial score (nSPS) is 22.7. The minimum Gasteiger partial charge on any atom is -0.378 e. The number of hydrogen-bond acceptors (Lipinski definition) is 4. The Labute approximate surface area is 121 Å². The molecule has 0 spiro atoms. The van der Waals surface area contributed by atoms with Gasteiger partial charge < -0.3 is 11.1 Å². The van der Waals surface area contributed by atoms with Gasteiger partial charge in [-0.2, -0.15) is 5.10 Å². The molecule has 0 aromatic carbocycles. The predicted molar refractivity (Wildman–Crippen MR) is 80.3 cm³/mol. The molecule has 0 aliphatic heterocycles. The maximum atomic E-state index is 12.1. The number of aryl methyl sites for hydroxylation is 1. The van der Waals surface area contributed by atoms with E-state index in [4.69, 9.17) is 5.73 Å². The van der Waals surface area contributed by atoms with Crippen LogP contribution in [0.5, 0.6) is 0 Å². The summed E-state index contributed by atoms with van der Waals surface area (Å²) in [6.07, 6.45) is 6.94. The highest BCUT2D eigenvalue weighted by molar-refractivity contribution is 9.10. The van der Waals surface area contributed by atoms with E-state index in [0.717, 1.165) is 37.8 Å². The lowest BCUT2D eigenvalue weighted by Gasteiger charge is -2.19. The topological polar surface area (TPSA) is 72.9 Å². The molecule has 106 valence electrons. The highest BCUT2D eigenvalue weighted by Gasteiger charge is 2.24. The molecule has 19 heavy (non-hydrogen) atoms. The van der Waals surface area contributed by atoms with Gasteiger partial charge in [-0.15, -0.1) is 0 Å². The van der Waals surface area contributed by atoms with Crippen LogP contribution in [0.4, 0.5) is 5.69 Å². The molecule has 2 atom stereocenters. The van der Waals surface area contributed by atoms with E-state index in [1.807, 2.05) is 0 Å². The molecule has 6 heteroatoms. The molecule has 2 rings (SSSR count). The molecule has 1 aliphatic carbocycles. The van der Waals surface area contributed by atoms with Gasteiger partial charge >= 0.3 is 0 Å².